The number of nitrogens with one attached hydrogen (secondary N) is 1. The first-order chi connectivity index (χ1) is 16.1. The molecule has 0 unspecified atom stereocenters. The largest absolute Gasteiger partial charge is 0.365 e. The van der Waals surface area contributed by atoms with Crippen molar-refractivity contribution in [1.29, 1.82) is 0 Å². The summed E-state index contributed by atoms with van der Waals surface area (Å²) >= 11 is 0. The number of hydrogen-bond acceptors (Lipinski definition) is 8. The third-order valence-electron chi connectivity index (χ3n) is 5.83. The van der Waals surface area contributed by atoms with E-state index in [1.807, 2.05) is 16.7 Å². The van der Waals surface area contributed by atoms with Gasteiger partial charge in [0.25, 0.3) is 0 Å². The van der Waals surface area contributed by atoms with E-state index in [1.165, 1.54) is 10.6 Å². The van der Waals surface area contributed by atoms with Crippen LogP contribution in [0.1, 0.15) is 12.8 Å². The minimum Gasteiger partial charge on any atom is -0.365 e. The van der Waals surface area contributed by atoms with Crippen molar-refractivity contribution in [3.63, 3.8) is 0 Å². The fourth-order valence-electron chi connectivity index (χ4n) is 3.89. The summed E-state index contributed by atoms with van der Waals surface area (Å²) in [6, 6.07) is 4.86. The number of rotatable bonds is 9. The van der Waals surface area contributed by atoms with Crippen molar-refractivity contribution >= 4 is 35.2 Å². The molecule has 4 rings (SSSR count). The smallest absolute Gasteiger partial charge is 0.211 e. The highest BCUT2D eigenvalue weighted by Crippen LogP contribution is 2.27. The molecule has 0 saturated carbocycles. The summed E-state index contributed by atoms with van der Waals surface area (Å²) in [7, 11) is -4.35. The Balaban J connectivity index is 1.49. The predicted molar refractivity (Wildman–Crippen MR) is 136 cm³/mol. The van der Waals surface area contributed by atoms with Crippen molar-refractivity contribution < 1.29 is 13.2 Å². The lowest BCUT2D eigenvalue weighted by Gasteiger charge is -2.32. The van der Waals surface area contributed by atoms with Crippen LogP contribution < -0.4 is 5.32 Å². The van der Waals surface area contributed by atoms with Gasteiger partial charge < -0.3 is 10.1 Å². The minimum atomic E-state index is -3.22. The zero-order chi connectivity index (χ0) is 24.3. The van der Waals surface area contributed by atoms with Gasteiger partial charge in [0, 0.05) is 45.6 Å². The van der Waals surface area contributed by atoms with E-state index >= 15 is 0 Å². The number of fused-ring (bicyclic) bond motifs is 1. The molecule has 0 aliphatic carbocycles. The molecule has 3 aromatic heterocycles. The van der Waals surface area contributed by atoms with Crippen LogP contribution in [-0.2, 0) is 21.5 Å². The van der Waals surface area contributed by atoms with Crippen molar-refractivity contribution in [1.82, 2.24) is 28.8 Å². The number of sulfonamides is 1. The highest BCUT2D eigenvalue weighted by atomic mass is 32.2. The topological polar surface area (TPSA) is 115 Å². The van der Waals surface area contributed by atoms with Gasteiger partial charge in [-0.1, -0.05) is 19.6 Å². The lowest BCUT2D eigenvalue weighted by Crippen LogP contribution is -2.44. The summed E-state index contributed by atoms with van der Waals surface area (Å²) in [5.41, 5.74) is 2.67. The van der Waals surface area contributed by atoms with Crippen molar-refractivity contribution in [3.05, 3.63) is 30.9 Å². The molecule has 4 heterocycles. The number of ether oxygens (including phenoxy) is 1. The Morgan fingerprint density at radius 2 is 2.06 bits per heavy atom. The second kappa shape index (κ2) is 10.1. The highest BCUT2D eigenvalue weighted by Gasteiger charge is 2.26. The number of aromatic nitrogens is 5. The molecule has 34 heavy (non-hydrogen) atoms. The van der Waals surface area contributed by atoms with Crippen LogP contribution in [0.25, 0.3) is 22.6 Å². The molecule has 1 aliphatic rings. The molecule has 1 fully saturated rings. The number of pyridine rings is 1. The van der Waals surface area contributed by atoms with E-state index in [0.29, 0.717) is 42.6 Å². The van der Waals surface area contributed by atoms with Crippen LogP contribution >= 0.6 is 0 Å². The van der Waals surface area contributed by atoms with Crippen molar-refractivity contribution in [2.24, 2.45) is 0 Å². The zero-order valence-electron chi connectivity index (χ0n) is 20.2. The van der Waals surface area contributed by atoms with Gasteiger partial charge in [-0.25, -0.2) is 32.7 Å². The summed E-state index contributed by atoms with van der Waals surface area (Å²) < 4.78 is 33.2. The van der Waals surface area contributed by atoms with E-state index in [9.17, 15) is 8.42 Å². The third-order valence-corrected chi connectivity index (χ3v) is 8.81. The number of hydrogen-bond donors (Lipinski definition) is 1. The molecule has 0 bridgehead atoms. The van der Waals surface area contributed by atoms with Crippen LogP contribution in [0.3, 0.4) is 0 Å². The predicted octanol–water partition coefficient (Wildman–Crippen LogP) is 3.04. The van der Waals surface area contributed by atoms with Gasteiger partial charge in [0.05, 0.1) is 18.1 Å². The van der Waals surface area contributed by atoms with Gasteiger partial charge in [0.15, 0.2) is 11.3 Å². The molecule has 184 valence electrons. The van der Waals surface area contributed by atoms with Crippen molar-refractivity contribution in [2.45, 2.75) is 51.3 Å². The van der Waals surface area contributed by atoms with Gasteiger partial charge >= 0.3 is 0 Å². The second-order valence-electron chi connectivity index (χ2n) is 9.97. The van der Waals surface area contributed by atoms with Crippen LogP contribution in [0, 0.1) is 0 Å². The first-order valence-electron chi connectivity index (χ1n) is 11.5. The third kappa shape index (κ3) is 6.17. The summed E-state index contributed by atoms with van der Waals surface area (Å²) in [5, 5.41) is 3.42. The Kier molecular flexibility index (Phi) is 7.31. The monoisotopic (exact) mass is 503 g/mol. The number of imidazole rings is 1. The van der Waals surface area contributed by atoms with Crippen molar-refractivity contribution in [2.75, 3.05) is 31.3 Å². The first kappa shape index (κ1) is 24.7. The molecule has 0 spiro atoms. The fourth-order valence-corrected chi connectivity index (χ4v) is 5.56. The molecule has 12 heteroatoms. The minimum absolute atomic E-state index is 0.0265. The van der Waals surface area contributed by atoms with Crippen LogP contribution in [0.2, 0.25) is 25.7 Å². The summed E-state index contributed by atoms with van der Waals surface area (Å²) in [4.78, 5) is 18.2. The van der Waals surface area contributed by atoms with Gasteiger partial charge in [0.2, 0.25) is 10.0 Å². The molecule has 0 amide bonds. The standard InChI is InChI=1S/C22H33N7O3SSi/c1-33(30,31)29-10-6-7-17(14-29)26-20-18(8-5-9-23-20)19-13-24-22-21(27-19)25-15-28(22)16-32-11-12-34(2,3)4/h5,8-9,13,15,17H,6-7,10-12,14,16H2,1-4H3,(H,23,26)/t17-/m0/s1. The second-order valence-corrected chi connectivity index (χ2v) is 17.6. The van der Waals surface area contributed by atoms with E-state index in [-0.39, 0.29) is 6.04 Å². The summed E-state index contributed by atoms with van der Waals surface area (Å²) in [5.74, 6) is 0.658. The highest BCUT2D eigenvalue weighted by molar-refractivity contribution is 7.88. The quantitative estimate of drug-likeness (QED) is 0.350. The first-order valence-corrected chi connectivity index (χ1v) is 17.1. The molecular weight excluding hydrogens is 470 g/mol. The Morgan fingerprint density at radius 1 is 1.24 bits per heavy atom. The average molecular weight is 504 g/mol. The molecular formula is C22H33N7O3SSi. The number of nitrogens with zero attached hydrogens (tertiary/aromatic N) is 6. The van der Waals surface area contributed by atoms with E-state index in [2.05, 4.69) is 39.9 Å². The maximum Gasteiger partial charge on any atom is 0.211 e. The van der Waals surface area contributed by atoms with E-state index in [4.69, 9.17) is 9.72 Å². The number of piperidine rings is 1. The zero-order valence-corrected chi connectivity index (χ0v) is 22.0. The van der Waals surface area contributed by atoms with Crippen molar-refractivity contribution in [3.8, 4) is 11.3 Å². The summed E-state index contributed by atoms with van der Waals surface area (Å²) in [6.45, 7) is 9.08. The maximum absolute atomic E-state index is 12.0. The summed E-state index contributed by atoms with van der Waals surface area (Å²) in [6.07, 6.45) is 8.05. The Morgan fingerprint density at radius 3 is 2.82 bits per heavy atom. The molecule has 1 atom stereocenters. The Labute approximate surface area is 201 Å². The average Bonchev–Trinajstić information content (AvgIpc) is 3.18. The maximum atomic E-state index is 12.0. The lowest BCUT2D eigenvalue weighted by molar-refractivity contribution is 0.0895. The fraction of sp³-hybridized carbons (Fsp3) is 0.545. The van der Waals surface area contributed by atoms with Gasteiger partial charge in [0.1, 0.15) is 18.9 Å². The normalized spacial score (nSPS) is 17.8. The molecule has 10 nitrogen and oxygen atoms in total. The molecule has 1 aliphatic heterocycles. The molecule has 3 aromatic rings. The Hall–Kier alpha value is -2.41. The van der Waals surface area contributed by atoms with Gasteiger partial charge in [-0.05, 0) is 31.0 Å². The molecule has 1 saturated heterocycles. The lowest BCUT2D eigenvalue weighted by atomic mass is 10.1. The molecule has 1 N–H and O–H groups in total. The van der Waals surface area contributed by atoms with E-state index < -0.39 is 18.1 Å². The van der Waals surface area contributed by atoms with Crippen LogP contribution in [0.4, 0.5) is 5.82 Å². The van der Waals surface area contributed by atoms with Crippen LogP contribution in [0.15, 0.2) is 30.9 Å². The SMILES string of the molecule is C[Si](C)(C)CCOCn1cnc2nc(-c3cccnc3N[C@H]3CCCN(S(C)(=O)=O)C3)cnc21. The molecule has 0 radical (unpaired) electrons. The van der Waals surface area contributed by atoms with Gasteiger partial charge in [-0.15, -0.1) is 0 Å². The van der Waals surface area contributed by atoms with Gasteiger partial charge in [-0.3, -0.25) is 4.57 Å². The van der Waals surface area contributed by atoms with Crippen LogP contribution in [-0.4, -0.2) is 77.3 Å². The Bertz CT molecular complexity index is 1240. The number of anilines is 1. The van der Waals surface area contributed by atoms with Crippen LogP contribution in [0.5, 0.6) is 0 Å². The molecule has 0 aromatic carbocycles. The van der Waals surface area contributed by atoms with E-state index in [1.54, 1.807) is 18.7 Å². The van der Waals surface area contributed by atoms with Gasteiger partial charge in [-0.2, -0.15) is 0 Å². The van der Waals surface area contributed by atoms with E-state index in [0.717, 1.165) is 31.1 Å².